The number of phenolic OH excluding ortho intramolecular Hbond substituents is 1. The lowest BCUT2D eigenvalue weighted by Gasteiger charge is -2.33. The van der Waals surface area contributed by atoms with E-state index in [1.807, 2.05) is 18.2 Å². The van der Waals surface area contributed by atoms with Crippen LogP contribution in [0, 0.1) is 0 Å². The summed E-state index contributed by atoms with van der Waals surface area (Å²) < 4.78 is 5.29. The molecule has 22 heavy (non-hydrogen) atoms. The minimum Gasteiger partial charge on any atom is -0.508 e. The summed E-state index contributed by atoms with van der Waals surface area (Å²) in [4.78, 5) is 3.98. The summed E-state index contributed by atoms with van der Waals surface area (Å²) in [7, 11) is 1.71. The standard InChI is InChI=1S/C18H22N2O2/c1-22-18-4-2-3-15(13-18)14-19-9-11-20(12-10-19)16-5-7-17(21)8-6-16/h2-8,13,21H,9-12,14H2,1H3/p+1. The van der Waals surface area contributed by atoms with Crippen molar-refractivity contribution in [2.75, 3.05) is 38.2 Å². The van der Waals surface area contributed by atoms with Crippen LogP contribution in [-0.4, -0.2) is 38.4 Å². The average Bonchev–Trinajstić information content (AvgIpc) is 2.57. The molecule has 1 aliphatic heterocycles. The fraction of sp³-hybridized carbons (Fsp3) is 0.333. The third-order valence-corrected chi connectivity index (χ3v) is 4.27. The monoisotopic (exact) mass is 299 g/mol. The quantitative estimate of drug-likeness (QED) is 0.894. The number of anilines is 1. The Morgan fingerprint density at radius 3 is 2.50 bits per heavy atom. The van der Waals surface area contributed by atoms with E-state index >= 15 is 0 Å². The minimum absolute atomic E-state index is 0.325. The summed E-state index contributed by atoms with van der Waals surface area (Å²) in [5.41, 5.74) is 2.52. The van der Waals surface area contributed by atoms with Gasteiger partial charge in [-0.15, -0.1) is 0 Å². The van der Waals surface area contributed by atoms with Crippen molar-refractivity contribution in [3.8, 4) is 11.5 Å². The van der Waals surface area contributed by atoms with Gasteiger partial charge in [-0.05, 0) is 36.4 Å². The number of aromatic hydroxyl groups is 1. The van der Waals surface area contributed by atoms with E-state index in [9.17, 15) is 5.11 Å². The van der Waals surface area contributed by atoms with Crippen LogP contribution in [0.3, 0.4) is 0 Å². The molecule has 4 heteroatoms. The van der Waals surface area contributed by atoms with Gasteiger partial charge in [-0.1, -0.05) is 12.1 Å². The number of nitrogens with zero attached hydrogens (tertiary/aromatic N) is 1. The maximum Gasteiger partial charge on any atom is 0.119 e. The van der Waals surface area contributed by atoms with E-state index in [2.05, 4.69) is 23.1 Å². The van der Waals surface area contributed by atoms with Crippen molar-refractivity contribution in [3.63, 3.8) is 0 Å². The number of hydrogen-bond acceptors (Lipinski definition) is 3. The molecule has 1 aliphatic rings. The molecule has 2 aromatic carbocycles. The molecule has 4 nitrogen and oxygen atoms in total. The molecular formula is C18H23N2O2+. The molecule has 3 rings (SSSR count). The first kappa shape index (κ1) is 14.7. The van der Waals surface area contributed by atoms with Gasteiger partial charge in [0.15, 0.2) is 0 Å². The number of quaternary nitrogens is 1. The molecule has 0 spiro atoms. The molecular weight excluding hydrogens is 276 g/mol. The SMILES string of the molecule is COc1cccc(C[NH+]2CCN(c3ccc(O)cc3)CC2)c1. The van der Waals surface area contributed by atoms with Gasteiger partial charge in [0, 0.05) is 11.3 Å². The highest BCUT2D eigenvalue weighted by Gasteiger charge is 2.20. The minimum atomic E-state index is 0.325. The van der Waals surface area contributed by atoms with Crippen molar-refractivity contribution in [1.29, 1.82) is 0 Å². The third-order valence-electron chi connectivity index (χ3n) is 4.27. The Morgan fingerprint density at radius 2 is 1.82 bits per heavy atom. The van der Waals surface area contributed by atoms with Crippen LogP contribution in [0.1, 0.15) is 5.56 Å². The van der Waals surface area contributed by atoms with Crippen molar-refractivity contribution in [1.82, 2.24) is 0 Å². The van der Waals surface area contributed by atoms with E-state index < -0.39 is 0 Å². The summed E-state index contributed by atoms with van der Waals surface area (Å²) in [5, 5.41) is 9.37. The van der Waals surface area contributed by atoms with Gasteiger partial charge < -0.3 is 19.6 Å². The van der Waals surface area contributed by atoms with Crippen LogP contribution < -0.4 is 14.5 Å². The number of piperazine rings is 1. The molecule has 116 valence electrons. The van der Waals surface area contributed by atoms with Gasteiger partial charge in [0.05, 0.1) is 33.3 Å². The van der Waals surface area contributed by atoms with Crippen LogP contribution in [-0.2, 0) is 6.54 Å². The van der Waals surface area contributed by atoms with E-state index in [-0.39, 0.29) is 0 Å². The topological polar surface area (TPSA) is 37.1 Å². The highest BCUT2D eigenvalue weighted by atomic mass is 16.5. The van der Waals surface area contributed by atoms with Crippen molar-refractivity contribution < 1.29 is 14.7 Å². The Hall–Kier alpha value is -2.20. The smallest absolute Gasteiger partial charge is 0.119 e. The second-order valence-electron chi connectivity index (χ2n) is 5.78. The molecule has 1 heterocycles. The van der Waals surface area contributed by atoms with Crippen LogP contribution >= 0.6 is 0 Å². The highest BCUT2D eigenvalue weighted by molar-refractivity contribution is 5.48. The van der Waals surface area contributed by atoms with Gasteiger partial charge in [0.1, 0.15) is 18.0 Å². The Bertz CT molecular complexity index is 605. The second-order valence-corrected chi connectivity index (χ2v) is 5.78. The normalized spacial score (nSPS) is 15.8. The van der Waals surface area contributed by atoms with E-state index in [1.54, 1.807) is 24.1 Å². The largest absolute Gasteiger partial charge is 0.508 e. The van der Waals surface area contributed by atoms with Crippen LogP contribution in [0.25, 0.3) is 0 Å². The van der Waals surface area contributed by atoms with E-state index in [0.29, 0.717) is 5.75 Å². The molecule has 1 fully saturated rings. The van der Waals surface area contributed by atoms with Gasteiger partial charge in [-0.2, -0.15) is 0 Å². The van der Waals surface area contributed by atoms with Crippen LogP contribution in [0.4, 0.5) is 5.69 Å². The van der Waals surface area contributed by atoms with Crippen LogP contribution in [0.5, 0.6) is 11.5 Å². The van der Waals surface area contributed by atoms with E-state index in [4.69, 9.17) is 4.74 Å². The zero-order valence-electron chi connectivity index (χ0n) is 13.0. The van der Waals surface area contributed by atoms with Gasteiger partial charge >= 0.3 is 0 Å². The second kappa shape index (κ2) is 6.71. The van der Waals surface area contributed by atoms with Crippen LogP contribution in [0.2, 0.25) is 0 Å². The summed E-state index contributed by atoms with van der Waals surface area (Å²) in [5.74, 6) is 1.26. The molecule has 0 atom stereocenters. The van der Waals surface area contributed by atoms with Gasteiger partial charge in [-0.3, -0.25) is 0 Å². The molecule has 2 N–H and O–H groups in total. The zero-order valence-corrected chi connectivity index (χ0v) is 13.0. The summed E-state index contributed by atoms with van der Waals surface area (Å²) in [6.07, 6.45) is 0. The van der Waals surface area contributed by atoms with E-state index in [0.717, 1.165) is 38.5 Å². The molecule has 1 saturated heterocycles. The van der Waals surface area contributed by atoms with E-state index in [1.165, 1.54) is 11.3 Å². The number of rotatable bonds is 4. The first-order chi connectivity index (χ1) is 10.7. The predicted octanol–water partition coefficient (Wildman–Crippen LogP) is 1.31. The van der Waals surface area contributed by atoms with Crippen molar-refractivity contribution in [2.45, 2.75) is 6.54 Å². The Labute approximate surface area is 131 Å². The third kappa shape index (κ3) is 3.52. The van der Waals surface area contributed by atoms with Crippen molar-refractivity contribution in [2.24, 2.45) is 0 Å². The molecule has 2 aromatic rings. The van der Waals surface area contributed by atoms with Crippen molar-refractivity contribution >= 4 is 5.69 Å². The number of ether oxygens (including phenoxy) is 1. The lowest BCUT2D eigenvalue weighted by molar-refractivity contribution is -0.914. The molecule has 0 bridgehead atoms. The Kier molecular flexibility index (Phi) is 4.49. The molecule has 0 saturated carbocycles. The van der Waals surface area contributed by atoms with Gasteiger partial charge in [-0.25, -0.2) is 0 Å². The summed E-state index contributed by atoms with van der Waals surface area (Å²) >= 11 is 0. The van der Waals surface area contributed by atoms with Gasteiger partial charge in [0.2, 0.25) is 0 Å². The highest BCUT2D eigenvalue weighted by Crippen LogP contribution is 2.18. The number of phenols is 1. The molecule has 0 amide bonds. The Morgan fingerprint density at radius 1 is 1.09 bits per heavy atom. The predicted molar refractivity (Wildman–Crippen MR) is 87.7 cm³/mol. The van der Waals surface area contributed by atoms with Crippen molar-refractivity contribution in [3.05, 3.63) is 54.1 Å². The van der Waals surface area contributed by atoms with Gasteiger partial charge in [0.25, 0.3) is 0 Å². The molecule has 0 aromatic heterocycles. The number of methoxy groups -OCH3 is 1. The molecule has 0 unspecified atom stereocenters. The Balaban J connectivity index is 1.56. The first-order valence-electron chi connectivity index (χ1n) is 7.75. The number of nitrogens with one attached hydrogen (secondary N) is 1. The number of benzene rings is 2. The summed E-state index contributed by atoms with van der Waals surface area (Å²) in [6.45, 7) is 5.38. The average molecular weight is 299 g/mol. The fourth-order valence-corrected chi connectivity index (χ4v) is 2.99. The lowest BCUT2D eigenvalue weighted by Crippen LogP contribution is -3.13. The lowest BCUT2D eigenvalue weighted by atomic mass is 10.1. The molecule has 0 aliphatic carbocycles. The summed E-state index contributed by atoms with van der Waals surface area (Å²) in [6, 6.07) is 15.8. The first-order valence-corrected chi connectivity index (χ1v) is 7.75. The number of hydrogen-bond donors (Lipinski definition) is 2. The van der Waals surface area contributed by atoms with Crippen LogP contribution in [0.15, 0.2) is 48.5 Å². The maximum absolute atomic E-state index is 9.37. The maximum atomic E-state index is 9.37. The fourth-order valence-electron chi connectivity index (χ4n) is 2.99. The molecule has 0 radical (unpaired) electrons. The zero-order chi connectivity index (χ0) is 15.4.